The Kier molecular flexibility index (Phi) is 10.7. The van der Waals surface area contributed by atoms with Gasteiger partial charge in [0.1, 0.15) is 18.4 Å². The highest BCUT2D eigenvalue weighted by molar-refractivity contribution is 5.93. The van der Waals surface area contributed by atoms with Gasteiger partial charge in [-0.3, -0.25) is 14.4 Å². The van der Waals surface area contributed by atoms with Crippen molar-refractivity contribution in [1.29, 1.82) is 0 Å². The van der Waals surface area contributed by atoms with Crippen molar-refractivity contribution in [2.45, 2.75) is 78.6 Å². The minimum Gasteiger partial charge on any atom is -0.345 e. The van der Waals surface area contributed by atoms with Crippen LogP contribution in [0, 0.1) is 11.8 Å². The Balaban J connectivity index is 4.83. The molecule has 8 nitrogen and oxygen atoms in total. The van der Waals surface area contributed by atoms with Gasteiger partial charge < -0.3 is 26.5 Å². The van der Waals surface area contributed by atoms with Gasteiger partial charge in [-0.25, -0.2) is 0 Å². The van der Waals surface area contributed by atoms with Crippen LogP contribution in [0.5, 0.6) is 0 Å². The molecular weight excluding hydrogens is 336 g/mol. The molecule has 0 radical (unpaired) electrons. The Morgan fingerprint density at radius 3 is 1.81 bits per heavy atom. The van der Waals surface area contributed by atoms with E-state index in [1.54, 1.807) is 6.92 Å². The fraction of sp³-hybridized carbons (Fsp3) is 0.778. The van der Waals surface area contributed by atoms with Crippen LogP contribution in [0.3, 0.4) is 0 Å². The number of hydrogen-bond donors (Lipinski definition) is 4. The molecular formula is C18H34N4O4. The van der Waals surface area contributed by atoms with Crippen molar-refractivity contribution in [2.24, 2.45) is 17.6 Å². The second kappa shape index (κ2) is 11.6. The molecule has 0 aromatic carbocycles. The van der Waals surface area contributed by atoms with Gasteiger partial charge in [-0.05, 0) is 38.5 Å². The van der Waals surface area contributed by atoms with E-state index >= 15 is 0 Å². The molecule has 150 valence electrons. The van der Waals surface area contributed by atoms with Crippen LogP contribution in [0.15, 0.2) is 0 Å². The first-order valence-electron chi connectivity index (χ1n) is 9.09. The van der Waals surface area contributed by atoms with Gasteiger partial charge in [0, 0.05) is 0 Å². The largest absolute Gasteiger partial charge is 0.345 e. The van der Waals surface area contributed by atoms with Gasteiger partial charge in [-0.15, -0.1) is 0 Å². The summed E-state index contributed by atoms with van der Waals surface area (Å²) < 4.78 is 0. The van der Waals surface area contributed by atoms with Gasteiger partial charge in [0.15, 0.2) is 0 Å². The molecule has 0 heterocycles. The Morgan fingerprint density at radius 1 is 0.808 bits per heavy atom. The predicted octanol–water partition coefficient (Wildman–Crippen LogP) is 0.0990. The molecule has 8 heteroatoms. The molecule has 0 saturated heterocycles. The Morgan fingerprint density at radius 2 is 1.35 bits per heavy atom. The summed E-state index contributed by atoms with van der Waals surface area (Å²) in [5.41, 5.74) is 5.81. The Labute approximate surface area is 156 Å². The molecule has 0 aromatic rings. The molecule has 26 heavy (non-hydrogen) atoms. The summed E-state index contributed by atoms with van der Waals surface area (Å²) in [6.45, 7) is 10.8. The molecule has 0 saturated carbocycles. The van der Waals surface area contributed by atoms with Crippen LogP contribution in [-0.4, -0.2) is 48.2 Å². The van der Waals surface area contributed by atoms with E-state index < -0.39 is 41.9 Å². The lowest BCUT2D eigenvalue weighted by Gasteiger charge is -2.24. The molecule has 0 aromatic heterocycles. The summed E-state index contributed by atoms with van der Waals surface area (Å²) >= 11 is 0. The maximum Gasteiger partial charge on any atom is 0.243 e. The standard InChI is InChI=1S/C18H34N4O4/c1-10(2)7-14(19)17(25)21-13(6)16(24)22-15(8-11(3)4)18(26)20-12(5)9-23/h9-15H,7-8,19H2,1-6H3,(H,20,26)(H,21,25)(H,22,24). The van der Waals surface area contributed by atoms with Crippen LogP contribution in [0.4, 0.5) is 0 Å². The molecule has 0 aliphatic heterocycles. The molecule has 0 bridgehead atoms. The molecule has 4 unspecified atom stereocenters. The number of carbonyl (C=O) groups is 4. The van der Waals surface area contributed by atoms with E-state index in [9.17, 15) is 19.2 Å². The quantitative estimate of drug-likeness (QED) is 0.383. The highest BCUT2D eigenvalue weighted by Gasteiger charge is 2.26. The van der Waals surface area contributed by atoms with Crippen LogP contribution in [0.2, 0.25) is 0 Å². The number of rotatable bonds is 11. The zero-order valence-electron chi connectivity index (χ0n) is 16.7. The van der Waals surface area contributed by atoms with Crippen LogP contribution in [0.25, 0.3) is 0 Å². The van der Waals surface area contributed by atoms with Crippen molar-refractivity contribution < 1.29 is 19.2 Å². The Bertz CT molecular complexity index is 494. The summed E-state index contributed by atoms with van der Waals surface area (Å²) in [6.07, 6.45) is 1.55. The van der Waals surface area contributed by atoms with E-state index in [-0.39, 0.29) is 11.8 Å². The van der Waals surface area contributed by atoms with E-state index in [2.05, 4.69) is 16.0 Å². The summed E-state index contributed by atoms with van der Waals surface area (Å²) in [5, 5.41) is 7.74. The topological polar surface area (TPSA) is 130 Å². The summed E-state index contributed by atoms with van der Waals surface area (Å²) in [4.78, 5) is 47.4. The summed E-state index contributed by atoms with van der Waals surface area (Å²) in [6, 6.07) is -2.94. The van der Waals surface area contributed by atoms with Crippen LogP contribution < -0.4 is 21.7 Å². The highest BCUT2D eigenvalue weighted by atomic mass is 16.2. The molecule has 0 fully saturated rings. The number of nitrogens with one attached hydrogen (secondary N) is 3. The zero-order valence-corrected chi connectivity index (χ0v) is 16.7. The van der Waals surface area contributed by atoms with Crippen LogP contribution >= 0.6 is 0 Å². The maximum atomic E-state index is 12.4. The van der Waals surface area contributed by atoms with Crippen molar-refractivity contribution in [1.82, 2.24) is 16.0 Å². The predicted molar refractivity (Wildman–Crippen MR) is 100 cm³/mol. The van der Waals surface area contributed by atoms with Gasteiger partial charge in [-0.1, -0.05) is 27.7 Å². The first-order chi connectivity index (χ1) is 12.0. The van der Waals surface area contributed by atoms with Gasteiger partial charge in [0.25, 0.3) is 0 Å². The van der Waals surface area contributed by atoms with Crippen molar-refractivity contribution in [2.75, 3.05) is 0 Å². The normalized spacial score (nSPS) is 15.7. The number of amides is 3. The molecule has 0 spiro atoms. The monoisotopic (exact) mass is 370 g/mol. The zero-order chi connectivity index (χ0) is 20.4. The SMILES string of the molecule is CC(C)CC(N)C(=O)NC(C)C(=O)NC(CC(C)C)C(=O)NC(C)C=O. The van der Waals surface area contributed by atoms with E-state index in [0.29, 0.717) is 19.1 Å². The molecule has 5 N–H and O–H groups in total. The number of aldehydes is 1. The van der Waals surface area contributed by atoms with E-state index in [1.165, 1.54) is 6.92 Å². The third-order valence-electron chi connectivity index (χ3n) is 3.73. The molecule has 0 aliphatic carbocycles. The van der Waals surface area contributed by atoms with Crippen LogP contribution in [-0.2, 0) is 19.2 Å². The second-order valence-electron chi connectivity index (χ2n) is 7.59. The maximum absolute atomic E-state index is 12.4. The lowest BCUT2D eigenvalue weighted by molar-refractivity contribution is -0.132. The minimum atomic E-state index is -0.827. The fourth-order valence-electron chi connectivity index (χ4n) is 2.36. The number of hydrogen-bond acceptors (Lipinski definition) is 5. The van der Waals surface area contributed by atoms with Gasteiger partial charge >= 0.3 is 0 Å². The van der Waals surface area contributed by atoms with E-state index in [0.717, 1.165) is 0 Å². The minimum absolute atomic E-state index is 0.155. The van der Waals surface area contributed by atoms with Crippen molar-refractivity contribution in [3.63, 3.8) is 0 Å². The van der Waals surface area contributed by atoms with Crippen molar-refractivity contribution in [3.05, 3.63) is 0 Å². The lowest BCUT2D eigenvalue weighted by Crippen LogP contribution is -2.55. The van der Waals surface area contributed by atoms with Gasteiger partial charge in [-0.2, -0.15) is 0 Å². The van der Waals surface area contributed by atoms with Crippen molar-refractivity contribution in [3.8, 4) is 0 Å². The average molecular weight is 370 g/mol. The van der Waals surface area contributed by atoms with Gasteiger partial charge in [0.05, 0.1) is 12.1 Å². The van der Waals surface area contributed by atoms with E-state index in [1.807, 2.05) is 27.7 Å². The third kappa shape index (κ3) is 9.50. The third-order valence-corrected chi connectivity index (χ3v) is 3.73. The second-order valence-corrected chi connectivity index (χ2v) is 7.59. The first-order valence-corrected chi connectivity index (χ1v) is 9.09. The Hall–Kier alpha value is -1.96. The molecule has 0 rings (SSSR count). The lowest BCUT2D eigenvalue weighted by atomic mass is 10.0. The molecule has 3 amide bonds. The summed E-state index contributed by atoms with van der Waals surface area (Å²) in [7, 11) is 0. The summed E-state index contributed by atoms with van der Waals surface area (Å²) in [5.74, 6) is -0.891. The van der Waals surface area contributed by atoms with E-state index in [4.69, 9.17) is 5.73 Å². The molecule has 0 aliphatic rings. The number of carbonyl (C=O) groups excluding carboxylic acids is 4. The highest BCUT2D eigenvalue weighted by Crippen LogP contribution is 2.06. The van der Waals surface area contributed by atoms with Crippen molar-refractivity contribution >= 4 is 24.0 Å². The number of nitrogens with two attached hydrogens (primary N) is 1. The first kappa shape index (κ1) is 24.0. The van der Waals surface area contributed by atoms with Crippen LogP contribution in [0.1, 0.15) is 54.4 Å². The fourth-order valence-corrected chi connectivity index (χ4v) is 2.36. The smallest absolute Gasteiger partial charge is 0.243 e. The molecule has 4 atom stereocenters. The van der Waals surface area contributed by atoms with Gasteiger partial charge in [0.2, 0.25) is 17.7 Å². The average Bonchev–Trinajstić information content (AvgIpc) is 2.52.